The molecule has 0 spiro atoms. The number of carbonyl (C=O) groups excluding carboxylic acids is 1. The van der Waals surface area contributed by atoms with Gasteiger partial charge in [-0.1, -0.05) is 0 Å². The topological polar surface area (TPSA) is 62.6 Å². The number of carbonyl (C=O) groups is 1. The second kappa shape index (κ2) is 5.74. The third kappa shape index (κ3) is 2.86. The molecule has 0 saturated heterocycles. The van der Waals surface area contributed by atoms with E-state index in [9.17, 15) is 4.79 Å². The number of nitriles is 1. The molecule has 0 bridgehead atoms. The highest BCUT2D eigenvalue weighted by Gasteiger charge is 2.40. The first-order chi connectivity index (χ1) is 9.90. The number of rotatable bonds is 4. The van der Waals surface area contributed by atoms with Gasteiger partial charge in [0.2, 0.25) is 0 Å². The lowest BCUT2D eigenvalue weighted by Gasteiger charge is -2.39. The minimum Gasteiger partial charge on any atom is -0.476 e. The van der Waals surface area contributed by atoms with Crippen LogP contribution in [-0.2, 0) is 9.53 Å². The van der Waals surface area contributed by atoms with Crippen molar-refractivity contribution in [1.29, 1.82) is 5.26 Å². The van der Waals surface area contributed by atoms with Crippen molar-refractivity contribution in [2.45, 2.75) is 32.8 Å². The summed E-state index contributed by atoms with van der Waals surface area (Å²) in [6.45, 7) is 6.50. The quantitative estimate of drug-likeness (QED) is 0.798. The lowest BCUT2D eigenvalue weighted by atomic mass is 10.0. The summed E-state index contributed by atoms with van der Waals surface area (Å²) in [6.07, 6.45) is 0.747. The first-order valence-corrected chi connectivity index (χ1v) is 6.95. The highest BCUT2D eigenvalue weighted by atomic mass is 16.5. The highest BCUT2D eigenvalue weighted by Crippen LogP contribution is 2.39. The van der Waals surface area contributed by atoms with E-state index < -0.39 is 5.60 Å². The van der Waals surface area contributed by atoms with E-state index in [2.05, 4.69) is 6.07 Å². The van der Waals surface area contributed by atoms with Gasteiger partial charge in [-0.2, -0.15) is 5.26 Å². The Bertz CT molecular complexity index is 602. The second-order valence-corrected chi connectivity index (χ2v) is 5.66. The van der Waals surface area contributed by atoms with Crippen molar-refractivity contribution in [3.63, 3.8) is 0 Å². The van der Waals surface area contributed by atoms with Gasteiger partial charge in [0, 0.05) is 26.3 Å². The number of nitrogens with zero attached hydrogens (tertiary/aromatic N) is 2. The van der Waals surface area contributed by atoms with E-state index in [0.717, 1.165) is 17.7 Å². The van der Waals surface area contributed by atoms with Crippen molar-refractivity contribution in [2.75, 3.05) is 25.2 Å². The van der Waals surface area contributed by atoms with Gasteiger partial charge in [0.15, 0.2) is 5.60 Å². The molecule has 1 aromatic carbocycles. The number of aryl methyl sites for hydroxylation is 1. The minimum absolute atomic E-state index is 0.0739. The molecule has 112 valence electrons. The van der Waals surface area contributed by atoms with Crippen molar-refractivity contribution in [3.05, 3.63) is 23.3 Å². The minimum atomic E-state index is -0.929. The molecule has 1 aliphatic rings. The normalized spacial score (nSPS) is 16.1. The summed E-state index contributed by atoms with van der Waals surface area (Å²) < 4.78 is 10.8. The Morgan fingerprint density at radius 3 is 2.76 bits per heavy atom. The molecule has 1 heterocycles. The van der Waals surface area contributed by atoms with Gasteiger partial charge >= 0.3 is 0 Å². The van der Waals surface area contributed by atoms with Crippen LogP contribution in [0, 0.1) is 18.3 Å². The molecule has 0 fully saturated rings. The van der Waals surface area contributed by atoms with E-state index in [1.54, 1.807) is 31.9 Å². The first-order valence-electron chi connectivity index (χ1n) is 6.95. The molecule has 0 radical (unpaired) electrons. The lowest BCUT2D eigenvalue weighted by molar-refractivity contribution is -0.132. The average Bonchev–Trinajstić information content (AvgIpc) is 2.43. The summed E-state index contributed by atoms with van der Waals surface area (Å²) in [5.74, 6) is 0.509. The Balaban J connectivity index is 2.44. The summed E-state index contributed by atoms with van der Waals surface area (Å²) in [5.41, 5.74) is 1.20. The molecule has 0 atom stereocenters. The lowest BCUT2D eigenvalue weighted by Crippen LogP contribution is -2.53. The fourth-order valence-corrected chi connectivity index (χ4v) is 2.43. The average molecular weight is 288 g/mol. The molecular weight excluding hydrogens is 268 g/mol. The summed E-state index contributed by atoms with van der Waals surface area (Å²) in [4.78, 5) is 14.3. The molecule has 0 saturated carbocycles. The van der Waals surface area contributed by atoms with E-state index in [0.29, 0.717) is 24.5 Å². The molecule has 21 heavy (non-hydrogen) atoms. The van der Waals surface area contributed by atoms with Gasteiger partial charge in [-0.15, -0.1) is 0 Å². The first kappa shape index (κ1) is 15.3. The Labute approximate surface area is 125 Å². The van der Waals surface area contributed by atoms with E-state index in [1.165, 1.54) is 0 Å². The van der Waals surface area contributed by atoms with Gasteiger partial charge in [-0.3, -0.25) is 4.79 Å². The van der Waals surface area contributed by atoms with Gasteiger partial charge in [0.1, 0.15) is 5.75 Å². The second-order valence-electron chi connectivity index (χ2n) is 5.66. The zero-order valence-corrected chi connectivity index (χ0v) is 12.9. The fourth-order valence-electron chi connectivity index (χ4n) is 2.43. The van der Waals surface area contributed by atoms with Crippen LogP contribution in [0.2, 0.25) is 0 Å². The monoisotopic (exact) mass is 288 g/mol. The van der Waals surface area contributed by atoms with Crippen LogP contribution in [0.5, 0.6) is 5.75 Å². The summed E-state index contributed by atoms with van der Waals surface area (Å²) in [7, 11) is 1.64. The standard InChI is InChI=1S/C16H20N2O3/c1-11-8-13-14(9-12(11)10-17)21-16(2,3)15(19)18(13)6-5-7-20-4/h8-9H,5-7H2,1-4H3. The third-order valence-electron chi connectivity index (χ3n) is 3.57. The van der Waals surface area contributed by atoms with Gasteiger partial charge < -0.3 is 14.4 Å². The number of hydrogen-bond donors (Lipinski definition) is 0. The van der Waals surface area contributed by atoms with Crippen molar-refractivity contribution in [3.8, 4) is 11.8 Å². The number of hydrogen-bond acceptors (Lipinski definition) is 4. The van der Waals surface area contributed by atoms with Crippen LogP contribution >= 0.6 is 0 Å². The van der Waals surface area contributed by atoms with Crippen molar-refractivity contribution in [1.82, 2.24) is 0 Å². The Kier molecular flexibility index (Phi) is 4.19. The fraction of sp³-hybridized carbons (Fsp3) is 0.500. The Hall–Kier alpha value is -2.06. The summed E-state index contributed by atoms with van der Waals surface area (Å²) in [6, 6.07) is 5.70. The Morgan fingerprint density at radius 2 is 2.14 bits per heavy atom. The van der Waals surface area contributed by atoms with E-state index in [-0.39, 0.29) is 5.91 Å². The molecule has 0 unspecified atom stereocenters. The molecule has 1 aliphatic heterocycles. The van der Waals surface area contributed by atoms with E-state index in [1.807, 2.05) is 13.0 Å². The van der Waals surface area contributed by atoms with Gasteiger partial charge in [-0.25, -0.2) is 0 Å². The molecule has 0 N–H and O–H groups in total. The van der Waals surface area contributed by atoms with Crippen LogP contribution in [0.1, 0.15) is 31.4 Å². The van der Waals surface area contributed by atoms with Crippen LogP contribution in [0.3, 0.4) is 0 Å². The summed E-state index contributed by atoms with van der Waals surface area (Å²) >= 11 is 0. The van der Waals surface area contributed by atoms with Crippen LogP contribution in [0.25, 0.3) is 0 Å². The number of ether oxygens (including phenoxy) is 2. The van der Waals surface area contributed by atoms with E-state index >= 15 is 0 Å². The highest BCUT2D eigenvalue weighted by molar-refractivity contribution is 6.02. The predicted octanol–water partition coefficient (Wildman–Crippen LogP) is 2.41. The molecule has 2 rings (SSSR count). The molecule has 1 aromatic rings. The van der Waals surface area contributed by atoms with Crippen LogP contribution < -0.4 is 9.64 Å². The smallest absolute Gasteiger partial charge is 0.270 e. The molecule has 1 amide bonds. The van der Waals surface area contributed by atoms with Crippen LogP contribution in [-0.4, -0.2) is 31.8 Å². The molecule has 0 aliphatic carbocycles. The van der Waals surface area contributed by atoms with Crippen molar-refractivity contribution in [2.24, 2.45) is 0 Å². The Morgan fingerprint density at radius 1 is 1.43 bits per heavy atom. The van der Waals surface area contributed by atoms with Gasteiger partial charge in [0.25, 0.3) is 5.91 Å². The zero-order valence-electron chi connectivity index (χ0n) is 12.9. The van der Waals surface area contributed by atoms with E-state index in [4.69, 9.17) is 14.7 Å². The number of anilines is 1. The van der Waals surface area contributed by atoms with Crippen LogP contribution in [0.15, 0.2) is 12.1 Å². The maximum atomic E-state index is 12.6. The third-order valence-corrected chi connectivity index (χ3v) is 3.57. The van der Waals surface area contributed by atoms with Gasteiger partial charge in [-0.05, 0) is 38.8 Å². The van der Waals surface area contributed by atoms with Gasteiger partial charge in [0.05, 0.1) is 17.3 Å². The number of benzene rings is 1. The predicted molar refractivity (Wildman–Crippen MR) is 79.4 cm³/mol. The van der Waals surface area contributed by atoms with Crippen LogP contribution in [0.4, 0.5) is 5.69 Å². The van der Waals surface area contributed by atoms with Crippen molar-refractivity contribution < 1.29 is 14.3 Å². The summed E-state index contributed by atoms with van der Waals surface area (Å²) in [5, 5.41) is 9.14. The largest absolute Gasteiger partial charge is 0.476 e. The molecule has 0 aromatic heterocycles. The maximum Gasteiger partial charge on any atom is 0.270 e. The molecule has 5 nitrogen and oxygen atoms in total. The molecule has 5 heteroatoms. The van der Waals surface area contributed by atoms with Crippen molar-refractivity contribution >= 4 is 11.6 Å². The number of methoxy groups -OCH3 is 1. The number of amides is 1. The maximum absolute atomic E-state index is 12.6. The number of fused-ring (bicyclic) bond motifs is 1. The molecular formula is C16H20N2O3. The SMILES string of the molecule is COCCCN1C(=O)C(C)(C)Oc2cc(C#N)c(C)cc21. The zero-order chi connectivity index (χ0) is 15.6.